The fourth-order valence-electron chi connectivity index (χ4n) is 4.25. The lowest BCUT2D eigenvalue weighted by Crippen LogP contribution is -2.39. The minimum absolute atomic E-state index is 0.00222. The van der Waals surface area contributed by atoms with E-state index in [4.69, 9.17) is 14.3 Å². The van der Waals surface area contributed by atoms with Crippen LogP contribution in [0.15, 0.2) is 59.2 Å². The highest BCUT2D eigenvalue weighted by atomic mass is 16.5. The van der Waals surface area contributed by atoms with E-state index in [0.717, 1.165) is 54.6 Å². The molecule has 1 unspecified atom stereocenters. The standard InChI is InChI=1S/C25H28N2O5/c1-26(24(28)14-19-16-32-23-10-3-2-9-21(19)23)22(15-27-11-4-5-12-27)18-7-6-8-20(13-18)31-17-25(29)30/h2-3,6-10,13,16,22H,4-5,11-12,14-15,17H2,1H3,(H,29,30). The van der Waals surface area contributed by atoms with E-state index in [1.165, 1.54) is 0 Å². The van der Waals surface area contributed by atoms with Gasteiger partial charge in [-0.2, -0.15) is 0 Å². The van der Waals surface area contributed by atoms with Crippen LogP contribution >= 0.6 is 0 Å². The molecule has 7 nitrogen and oxygen atoms in total. The van der Waals surface area contributed by atoms with Crippen molar-refractivity contribution in [2.24, 2.45) is 0 Å². The largest absolute Gasteiger partial charge is 0.482 e. The first-order valence-electron chi connectivity index (χ1n) is 10.9. The summed E-state index contributed by atoms with van der Waals surface area (Å²) in [5, 5.41) is 9.86. The topological polar surface area (TPSA) is 83.2 Å². The van der Waals surface area contributed by atoms with Gasteiger partial charge in [0.05, 0.1) is 18.7 Å². The fourth-order valence-corrected chi connectivity index (χ4v) is 4.25. The number of hydrogen-bond acceptors (Lipinski definition) is 5. The maximum absolute atomic E-state index is 13.3. The van der Waals surface area contributed by atoms with Crippen LogP contribution in [-0.4, -0.2) is 60.1 Å². The molecule has 2 aromatic carbocycles. The summed E-state index contributed by atoms with van der Waals surface area (Å²) in [5.74, 6) is -0.542. The van der Waals surface area contributed by atoms with Gasteiger partial charge in [-0.15, -0.1) is 0 Å². The number of carboxylic acids is 1. The Morgan fingerprint density at radius 1 is 1.16 bits per heavy atom. The van der Waals surface area contributed by atoms with E-state index in [-0.39, 0.29) is 18.4 Å². The Morgan fingerprint density at radius 3 is 2.72 bits per heavy atom. The number of para-hydroxylation sites is 1. The Morgan fingerprint density at radius 2 is 1.94 bits per heavy atom. The van der Waals surface area contributed by atoms with Gasteiger partial charge in [0.1, 0.15) is 11.3 Å². The van der Waals surface area contributed by atoms with Crippen molar-refractivity contribution in [3.8, 4) is 5.75 Å². The second-order valence-electron chi connectivity index (χ2n) is 8.22. The van der Waals surface area contributed by atoms with Crippen molar-refractivity contribution in [1.29, 1.82) is 0 Å². The Balaban J connectivity index is 1.55. The van der Waals surface area contributed by atoms with Crippen LogP contribution in [0.25, 0.3) is 11.0 Å². The molecule has 1 aliphatic heterocycles. The molecule has 0 saturated carbocycles. The van der Waals surface area contributed by atoms with Gasteiger partial charge in [0.2, 0.25) is 5.91 Å². The van der Waals surface area contributed by atoms with Gasteiger partial charge in [0.25, 0.3) is 0 Å². The van der Waals surface area contributed by atoms with Gasteiger partial charge < -0.3 is 24.1 Å². The summed E-state index contributed by atoms with van der Waals surface area (Å²) >= 11 is 0. The summed E-state index contributed by atoms with van der Waals surface area (Å²) in [6.07, 6.45) is 4.23. The van der Waals surface area contributed by atoms with Gasteiger partial charge in [0.15, 0.2) is 6.61 Å². The van der Waals surface area contributed by atoms with E-state index in [1.54, 1.807) is 17.2 Å². The molecular weight excluding hydrogens is 408 g/mol. The monoisotopic (exact) mass is 436 g/mol. The molecule has 0 spiro atoms. The number of likely N-dealkylation sites (N-methyl/N-ethyl adjacent to an activating group) is 1. The fraction of sp³-hybridized carbons (Fsp3) is 0.360. The van der Waals surface area contributed by atoms with Crippen molar-refractivity contribution in [3.05, 3.63) is 65.9 Å². The van der Waals surface area contributed by atoms with Crippen molar-refractivity contribution < 1.29 is 23.8 Å². The average molecular weight is 437 g/mol. The third-order valence-electron chi connectivity index (χ3n) is 6.00. The van der Waals surface area contributed by atoms with Gasteiger partial charge in [-0.1, -0.05) is 30.3 Å². The maximum atomic E-state index is 13.3. The highest BCUT2D eigenvalue weighted by molar-refractivity contribution is 5.87. The van der Waals surface area contributed by atoms with Gasteiger partial charge in [-0.25, -0.2) is 4.79 Å². The second-order valence-corrected chi connectivity index (χ2v) is 8.22. The molecule has 0 aliphatic carbocycles. The number of aliphatic carboxylic acids is 1. The number of hydrogen-bond donors (Lipinski definition) is 1. The SMILES string of the molecule is CN(C(=O)Cc1coc2ccccc12)C(CN1CCCC1)c1cccc(OCC(=O)O)c1. The zero-order chi connectivity index (χ0) is 22.5. The smallest absolute Gasteiger partial charge is 0.341 e. The van der Waals surface area contributed by atoms with E-state index < -0.39 is 12.6 Å². The number of carboxylic acid groups (broad SMARTS) is 1. The first kappa shape index (κ1) is 21.9. The molecule has 1 N–H and O–H groups in total. The molecule has 3 aromatic rings. The van der Waals surface area contributed by atoms with Crippen molar-refractivity contribution >= 4 is 22.8 Å². The Kier molecular flexibility index (Phi) is 6.75. The van der Waals surface area contributed by atoms with Gasteiger partial charge >= 0.3 is 5.97 Å². The molecule has 1 aliphatic rings. The zero-order valence-electron chi connectivity index (χ0n) is 18.2. The van der Waals surface area contributed by atoms with Crippen LogP contribution in [0.5, 0.6) is 5.75 Å². The zero-order valence-corrected chi connectivity index (χ0v) is 18.2. The lowest BCUT2D eigenvalue weighted by Gasteiger charge is -2.32. The molecule has 0 radical (unpaired) electrons. The molecule has 1 fully saturated rings. The Bertz CT molecular complexity index is 1090. The second kappa shape index (κ2) is 9.87. The summed E-state index contributed by atoms with van der Waals surface area (Å²) in [4.78, 5) is 28.3. The lowest BCUT2D eigenvalue weighted by atomic mass is 10.0. The van der Waals surface area contributed by atoms with Crippen LogP contribution in [0.1, 0.15) is 30.0 Å². The number of ether oxygens (including phenoxy) is 1. The number of furan rings is 1. The van der Waals surface area contributed by atoms with E-state index >= 15 is 0 Å². The predicted octanol–water partition coefficient (Wildman–Crippen LogP) is 3.73. The minimum atomic E-state index is -1.02. The molecule has 7 heteroatoms. The molecular formula is C25H28N2O5. The van der Waals surface area contributed by atoms with Gasteiger partial charge in [-0.05, 0) is 49.7 Å². The number of fused-ring (bicyclic) bond motifs is 1. The van der Waals surface area contributed by atoms with E-state index in [0.29, 0.717) is 5.75 Å². The summed E-state index contributed by atoms with van der Waals surface area (Å²) < 4.78 is 11.0. The van der Waals surface area contributed by atoms with Crippen molar-refractivity contribution in [2.75, 3.05) is 33.3 Å². The van der Waals surface area contributed by atoms with Crippen LogP contribution < -0.4 is 4.74 Å². The molecule has 4 rings (SSSR count). The van der Waals surface area contributed by atoms with Crippen LogP contribution in [0.4, 0.5) is 0 Å². The van der Waals surface area contributed by atoms with Crippen molar-refractivity contribution in [3.63, 3.8) is 0 Å². The molecule has 0 bridgehead atoms. The molecule has 2 heterocycles. The summed E-state index contributed by atoms with van der Waals surface area (Å²) in [6.45, 7) is 2.35. The number of likely N-dealkylation sites (tertiary alicyclic amines) is 1. The van der Waals surface area contributed by atoms with Crippen LogP contribution in [0.2, 0.25) is 0 Å². The number of carbonyl (C=O) groups excluding carboxylic acids is 1. The third-order valence-corrected chi connectivity index (χ3v) is 6.00. The number of nitrogens with zero attached hydrogens (tertiary/aromatic N) is 2. The quantitative estimate of drug-likeness (QED) is 0.550. The molecule has 1 atom stereocenters. The van der Waals surface area contributed by atoms with E-state index in [2.05, 4.69) is 4.90 Å². The van der Waals surface area contributed by atoms with E-state index in [1.807, 2.05) is 49.5 Å². The first-order valence-corrected chi connectivity index (χ1v) is 10.9. The molecule has 1 saturated heterocycles. The molecule has 32 heavy (non-hydrogen) atoms. The van der Waals surface area contributed by atoms with Crippen molar-refractivity contribution in [2.45, 2.75) is 25.3 Å². The lowest BCUT2D eigenvalue weighted by molar-refractivity contribution is -0.139. The third kappa shape index (κ3) is 5.11. The minimum Gasteiger partial charge on any atom is -0.482 e. The first-order chi connectivity index (χ1) is 15.5. The van der Waals surface area contributed by atoms with Crippen LogP contribution in [0, 0.1) is 0 Å². The predicted molar refractivity (Wildman–Crippen MR) is 121 cm³/mol. The average Bonchev–Trinajstić information content (AvgIpc) is 3.46. The summed E-state index contributed by atoms with van der Waals surface area (Å²) in [6, 6.07) is 14.9. The van der Waals surface area contributed by atoms with Crippen LogP contribution in [0.3, 0.4) is 0 Å². The van der Waals surface area contributed by atoms with Crippen LogP contribution in [-0.2, 0) is 16.0 Å². The normalized spacial score (nSPS) is 15.0. The van der Waals surface area contributed by atoms with Crippen molar-refractivity contribution in [1.82, 2.24) is 9.80 Å². The maximum Gasteiger partial charge on any atom is 0.341 e. The highest BCUT2D eigenvalue weighted by Crippen LogP contribution is 2.28. The number of rotatable bonds is 9. The number of carbonyl (C=O) groups is 2. The molecule has 1 amide bonds. The summed E-state index contributed by atoms with van der Waals surface area (Å²) in [5.41, 5.74) is 2.57. The van der Waals surface area contributed by atoms with E-state index in [9.17, 15) is 9.59 Å². The number of amides is 1. The summed E-state index contributed by atoms with van der Waals surface area (Å²) in [7, 11) is 1.83. The number of benzene rings is 2. The van der Waals surface area contributed by atoms with Gasteiger partial charge in [-0.3, -0.25) is 4.79 Å². The van der Waals surface area contributed by atoms with Gasteiger partial charge in [0, 0.05) is 24.5 Å². The Hall–Kier alpha value is -3.32. The molecule has 1 aromatic heterocycles. The molecule has 168 valence electrons. The highest BCUT2D eigenvalue weighted by Gasteiger charge is 2.26. The Labute approximate surface area is 187 Å².